The van der Waals surface area contributed by atoms with Gasteiger partial charge in [0.2, 0.25) is 0 Å². The number of methoxy groups -OCH3 is 2. The SMILES string of the molecule is COCCCN1C(=O)c2[nH]nc(-c3ccc(OC)cc3)c2C1c1cccc(F)c1. The van der Waals surface area contributed by atoms with E-state index in [0.717, 1.165) is 16.9 Å². The molecule has 1 atom stereocenters. The number of hydrogen-bond acceptors (Lipinski definition) is 4. The predicted octanol–water partition coefficient (Wildman–Crippen LogP) is 3.81. The first-order valence-corrected chi connectivity index (χ1v) is 9.42. The first-order chi connectivity index (χ1) is 14.1. The fourth-order valence-corrected chi connectivity index (χ4v) is 3.80. The van der Waals surface area contributed by atoms with E-state index in [1.807, 2.05) is 30.3 Å². The molecule has 1 aromatic heterocycles. The van der Waals surface area contributed by atoms with Crippen LogP contribution in [-0.4, -0.2) is 48.4 Å². The minimum atomic E-state index is -0.416. The number of benzene rings is 2. The summed E-state index contributed by atoms with van der Waals surface area (Å²) in [6, 6.07) is 13.4. The van der Waals surface area contributed by atoms with E-state index in [4.69, 9.17) is 9.47 Å². The van der Waals surface area contributed by atoms with Crippen LogP contribution in [0, 0.1) is 5.82 Å². The molecule has 1 unspecified atom stereocenters. The van der Waals surface area contributed by atoms with Crippen molar-refractivity contribution in [2.75, 3.05) is 27.4 Å². The van der Waals surface area contributed by atoms with Gasteiger partial charge in [0.25, 0.3) is 5.91 Å². The lowest BCUT2D eigenvalue weighted by Gasteiger charge is -2.26. The van der Waals surface area contributed by atoms with Gasteiger partial charge in [0.15, 0.2) is 0 Å². The maximum Gasteiger partial charge on any atom is 0.273 e. The van der Waals surface area contributed by atoms with E-state index < -0.39 is 6.04 Å². The van der Waals surface area contributed by atoms with Gasteiger partial charge in [-0.15, -0.1) is 0 Å². The number of nitrogens with zero attached hydrogens (tertiary/aromatic N) is 2. The molecule has 0 radical (unpaired) electrons. The first-order valence-electron chi connectivity index (χ1n) is 9.42. The average molecular weight is 395 g/mol. The maximum atomic E-state index is 14.0. The Balaban J connectivity index is 1.80. The number of ether oxygens (including phenoxy) is 2. The van der Waals surface area contributed by atoms with Gasteiger partial charge in [-0.05, 0) is 48.4 Å². The molecule has 150 valence electrons. The highest BCUT2D eigenvalue weighted by atomic mass is 19.1. The molecule has 0 saturated carbocycles. The van der Waals surface area contributed by atoms with Crippen molar-refractivity contribution in [2.24, 2.45) is 0 Å². The fraction of sp³-hybridized carbons (Fsp3) is 0.273. The number of halogens is 1. The van der Waals surface area contributed by atoms with Crippen LogP contribution in [0.3, 0.4) is 0 Å². The van der Waals surface area contributed by atoms with Crippen molar-refractivity contribution in [1.82, 2.24) is 15.1 Å². The molecule has 6 nitrogen and oxygen atoms in total. The predicted molar refractivity (Wildman–Crippen MR) is 106 cm³/mol. The van der Waals surface area contributed by atoms with Crippen molar-refractivity contribution in [3.05, 3.63) is 71.2 Å². The molecule has 1 aliphatic heterocycles. The summed E-state index contributed by atoms with van der Waals surface area (Å²) < 4.78 is 24.4. The third-order valence-electron chi connectivity index (χ3n) is 5.14. The third kappa shape index (κ3) is 3.49. The number of H-pyrrole nitrogens is 1. The first kappa shape index (κ1) is 19.1. The van der Waals surface area contributed by atoms with E-state index >= 15 is 0 Å². The van der Waals surface area contributed by atoms with Crippen molar-refractivity contribution in [3.8, 4) is 17.0 Å². The zero-order valence-electron chi connectivity index (χ0n) is 16.3. The Morgan fingerprint density at radius 1 is 1.17 bits per heavy atom. The van der Waals surface area contributed by atoms with E-state index in [1.54, 1.807) is 25.2 Å². The van der Waals surface area contributed by atoms with Crippen LogP contribution < -0.4 is 4.74 Å². The number of aromatic amines is 1. The van der Waals surface area contributed by atoms with E-state index in [0.29, 0.717) is 36.5 Å². The number of aromatic nitrogens is 2. The summed E-state index contributed by atoms with van der Waals surface area (Å²) in [6.07, 6.45) is 0.684. The Morgan fingerprint density at radius 3 is 2.66 bits per heavy atom. The summed E-state index contributed by atoms with van der Waals surface area (Å²) >= 11 is 0. The van der Waals surface area contributed by atoms with Crippen LogP contribution in [0.2, 0.25) is 0 Å². The van der Waals surface area contributed by atoms with Gasteiger partial charge >= 0.3 is 0 Å². The largest absolute Gasteiger partial charge is 0.497 e. The molecule has 0 fully saturated rings. The molecule has 29 heavy (non-hydrogen) atoms. The van der Waals surface area contributed by atoms with Gasteiger partial charge in [0.05, 0.1) is 18.8 Å². The molecular weight excluding hydrogens is 373 g/mol. The van der Waals surface area contributed by atoms with Crippen LogP contribution in [0.4, 0.5) is 4.39 Å². The number of nitrogens with one attached hydrogen (secondary N) is 1. The number of carbonyl (C=O) groups excluding carboxylic acids is 1. The van der Waals surface area contributed by atoms with Crippen molar-refractivity contribution < 1.29 is 18.7 Å². The minimum absolute atomic E-state index is 0.141. The number of hydrogen-bond donors (Lipinski definition) is 1. The standard InChI is InChI=1S/C22H22FN3O3/c1-28-12-4-11-26-21(15-5-3-6-16(23)13-15)18-19(24-25-20(18)22(26)27)14-7-9-17(29-2)10-8-14/h3,5-10,13,21H,4,11-12H2,1-2H3,(H,24,25). The highest BCUT2D eigenvalue weighted by Crippen LogP contribution is 2.43. The zero-order valence-corrected chi connectivity index (χ0v) is 16.3. The van der Waals surface area contributed by atoms with Crippen molar-refractivity contribution in [3.63, 3.8) is 0 Å². The molecule has 4 rings (SSSR count). The highest BCUT2D eigenvalue weighted by molar-refractivity contribution is 6.00. The number of rotatable bonds is 7. The summed E-state index contributed by atoms with van der Waals surface area (Å²) in [6.45, 7) is 1.04. The Hall–Kier alpha value is -3.19. The molecule has 1 aliphatic rings. The quantitative estimate of drug-likeness (QED) is 0.618. The molecular formula is C22H22FN3O3. The van der Waals surface area contributed by atoms with E-state index in [2.05, 4.69) is 10.2 Å². The number of fused-ring (bicyclic) bond motifs is 1. The number of amides is 1. The summed E-state index contributed by atoms with van der Waals surface area (Å²) in [5, 5.41) is 7.31. The maximum absolute atomic E-state index is 14.0. The van der Waals surface area contributed by atoms with E-state index in [1.165, 1.54) is 12.1 Å². The van der Waals surface area contributed by atoms with Crippen molar-refractivity contribution in [2.45, 2.75) is 12.5 Å². The third-order valence-corrected chi connectivity index (χ3v) is 5.14. The molecule has 3 aromatic rings. The Morgan fingerprint density at radius 2 is 1.97 bits per heavy atom. The fourth-order valence-electron chi connectivity index (χ4n) is 3.80. The lowest BCUT2D eigenvalue weighted by atomic mass is 9.96. The van der Waals surface area contributed by atoms with Crippen LogP contribution in [0.1, 0.15) is 34.1 Å². The van der Waals surface area contributed by atoms with Crippen molar-refractivity contribution in [1.29, 1.82) is 0 Å². The summed E-state index contributed by atoms with van der Waals surface area (Å²) in [5.41, 5.74) is 3.46. The molecule has 2 aromatic carbocycles. The van der Waals surface area contributed by atoms with Gasteiger partial charge in [-0.3, -0.25) is 9.89 Å². The van der Waals surface area contributed by atoms with Crippen LogP contribution >= 0.6 is 0 Å². The van der Waals surface area contributed by atoms with E-state index in [-0.39, 0.29) is 11.7 Å². The van der Waals surface area contributed by atoms with Gasteiger partial charge in [0, 0.05) is 31.4 Å². The highest BCUT2D eigenvalue weighted by Gasteiger charge is 2.41. The lowest BCUT2D eigenvalue weighted by Crippen LogP contribution is -2.31. The van der Waals surface area contributed by atoms with Crippen LogP contribution in [0.15, 0.2) is 48.5 Å². The van der Waals surface area contributed by atoms with Crippen LogP contribution in [0.5, 0.6) is 5.75 Å². The van der Waals surface area contributed by atoms with Gasteiger partial charge in [-0.2, -0.15) is 5.10 Å². The summed E-state index contributed by atoms with van der Waals surface area (Å²) in [4.78, 5) is 14.9. The molecule has 0 spiro atoms. The smallest absolute Gasteiger partial charge is 0.273 e. The zero-order chi connectivity index (χ0) is 20.4. The normalized spacial score (nSPS) is 15.6. The average Bonchev–Trinajstić information content (AvgIpc) is 3.28. The monoisotopic (exact) mass is 395 g/mol. The lowest BCUT2D eigenvalue weighted by molar-refractivity contribution is 0.0723. The Labute approximate surface area is 168 Å². The van der Waals surface area contributed by atoms with Crippen LogP contribution in [-0.2, 0) is 4.74 Å². The second-order valence-electron chi connectivity index (χ2n) is 6.89. The Bertz CT molecular complexity index is 1020. The molecule has 7 heteroatoms. The second kappa shape index (κ2) is 8.05. The summed E-state index contributed by atoms with van der Waals surface area (Å²) in [5.74, 6) is 0.257. The Kier molecular flexibility index (Phi) is 5.31. The molecule has 0 saturated heterocycles. The van der Waals surface area contributed by atoms with Gasteiger partial charge in [-0.1, -0.05) is 12.1 Å². The summed E-state index contributed by atoms with van der Waals surface area (Å²) in [7, 11) is 3.24. The van der Waals surface area contributed by atoms with Gasteiger partial charge < -0.3 is 14.4 Å². The molecule has 1 N–H and O–H groups in total. The van der Waals surface area contributed by atoms with Gasteiger partial charge in [-0.25, -0.2) is 4.39 Å². The van der Waals surface area contributed by atoms with Crippen LogP contribution in [0.25, 0.3) is 11.3 Å². The van der Waals surface area contributed by atoms with E-state index in [9.17, 15) is 9.18 Å². The topological polar surface area (TPSA) is 67.5 Å². The number of carbonyl (C=O) groups is 1. The second-order valence-corrected chi connectivity index (χ2v) is 6.89. The van der Waals surface area contributed by atoms with Gasteiger partial charge in [0.1, 0.15) is 17.3 Å². The molecule has 1 amide bonds. The van der Waals surface area contributed by atoms with Crippen molar-refractivity contribution >= 4 is 5.91 Å². The molecule has 0 aliphatic carbocycles. The minimum Gasteiger partial charge on any atom is -0.497 e. The molecule has 0 bridgehead atoms. The molecule has 2 heterocycles.